The van der Waals surface area contributed by atoms with E-state index in [2.05, 4.69) is 4.18 Å². The van der Waals surface area contributed by atoms with Crippen molar-refractivity contribution in [2.24, 2.45) is 5.92 Å². The number of nitrogens with one attached hydrogen (secondary N) is 1. The highest BCUT2D eigenvalue weighted by Gasteiger charge is 2.55. The maximum Gasteiger partial charge on any atom is 0.336 e. The fourth-order valence-electron chi connectivity index (χ4n) is 2.14. The highest BCUT2D eigenvalue weighted by atomic mass is 32.2. The summed E-state index contributed by atoms with van der Waals surface area (Å²) in [6.07, 6.45) is -5.51. The van der Waals surface area contributed by atoms with Crippen LogP contribution in [0.5, 0.6) is 0 Å². The molecule has 2 aliphatic rings. The van der Waals surface area contributed by atoms with Gasteiger partial charge in [0.25, 0.3) is 0 Å². The van der Waals surface area contributed by atoms with Crippen LogP contribution in [0.25, 0.3) is 0 Å². The Morgan fingerprint density at radius 3 is 2.31 bits per heavy atom. The van der Waals surface area contributed by atoms with Gasteiger partial charge in [0.2, 0.25) is 0 Å². The molecule has 0 aromatic carbocycles. The van der Waals surface area contributed by atoms with Gasteiger partial charge in [-0.15, -0.1) is 0 Å². The van der Waals surface area contributed by atoms with Gasteiger partial charge in [0.1, 0.15) is 18.3 Å². The Labute approximate surface area is 91.7 Å². The van der Waals surface area contributed by atoms with Crippen LogP contribution in [0.15, 0.2) is 0 Å². The summed E-state index contributed by atoms with van der Waals surface area (Å²) in [6.45, 7) is -0.552. The molecule has 0 aromatic rings. The lowest BCUT2D eigenvalue weighted by Gasteiger charge is -2.40. The predicted octanol–water partition coefficient (Wildman–Crippen LogP) is -3.71. The monoisotopic (exact) mass is 255 g/mol. The van der Waals surface area contributed by atoms with E-state index in [4.69, 9.17) is 5.11 Å². The molecule has 0 spiro atoms. The van der Waals surface area contributed by atoms with Crippen molar-refractivity contribution >= 4 is 10.3 Å². The van der Waals surface area contributed by atoms with Gasteiger partial charge in [0.15, 0.2) is 0 Å². The van der Waals surface area contributed by atoms with E-state index in [-0.39, 0.29) is 0 Å². The second-order valence-electron chi connectivity index (χ2n) is 3.98. The Bertz CT molecular complexity index is 371. The van der Waals surface area contributed by atoms with Crippen LogP contribution >= 0.6 is 0 Å². The van der Waals surface area contributed by atoms with Gasteiger partial charge in [-0.25, -0.2) is 0 Å². The molecule has 5 N–H and O–H groups in total. The van der Waals surface area contributed by atoms with Crippen LogP contribution in [0.4, 0.5) is 0 Å². The van der Waals surface area contributed by atoms with Crippen LogP contribution in [0.2, 0.25) is 0 Å². The standard InChI is InChI=1S/C7H13NO7S/c9-1-2-4(10)6(12)5(11)3-7(2)15-16(13,14)8-3/h2-12H,1H2/t2-,3-,4-,5+,6+,7+/m1/s1. The third kappa shape index (κ3) is 1.74. The minimum absolute atomic E-state index is 0.552. The lowest BCUT2D eigenvalue weighted by atomic mass is 9.78. The van der Waals surface area contributed by atoms with Crippen LogP contribution < -0.4 is 4.72 Å². The molecule has 2 fully saturated rings. The minimum Gasteiger partial charge on any atom is -0.396 e. The topological polar surface area (TPSA) is 136 Å². The maximum atomic E-state index is 11.1. The molecular formula is C7H13NO7S. The number of rotatable bonds is 1. The molecule has 94 valence electrons. The molecule has 0 aromatic heterocycles. The van der Waals surface area contributed by atoms with Gasteiger partial charge in [-0.05, 0) is 0 Å². The van der Waals surface area contributed by atoms with Gasteiger partial charge in [-0.1, -0.05) is 0 Å². The molecule has 1 aliphatic heterocycles. The van der Waals surface area contributed by atoms with Crippen molar-refractivity contribution in [3.63, 3.8) is 0 Å². The average molecular weight is 255 g/mol. The Morgan fingerprint density at radius 1 is 1.12 bits per heavy atom. The number of aliphatic hydroxyl groups excluding tert-OH is 4. The van der Waals surface area contributed by atoms with Crippen LogP contribution in [0.3, 0.4) is 0 Å². The van der Waals surface area contributed by atoms with E-state index in [1.165, 1.54) is 0 Å². The van der Waals surface area contributed by atoms with Gasteiger partial charge >= 0.3 is 10.3 Å². The van der Waals surface area contributed by atoms with Crippen LogP contribution in [-0.2, 0) is 14.5 Å². The molecule has 1 aliphatic carbocycles. The molecule has 9 heteroatoms. The Kier molecular flexibility index (Phi) is 2.95. The molecule has 6 atom stereocenters. The summed E-state index contributed by atoms with van der Waals surface area (Å²) in [5.41, 5.74) is 0. The highest BCUT2D eigenvalue weighted by Crippen LogP contribution is 2.33. The predicted molar refractivity (Wildman–Crippen MR) is 49.3 cm³/mol. The number of fused-ring (bicyclic) bond motifs is 1. The zero-order chi connectivity index (χ0) is 12.1. The third-order valence-electron chi connectivity index (χ3n) is 3.01. The first-order valence-electron chi connectivity index (χ1n) is 4.73. The summed E-state index contributed by atoms with van der Waals surface area (Å²) in [7, 11) is -3.99. The van der Waals surface area contributed by atoms with Crippen molar-refractivity contribution in [2.75, 3.05) is 6.61 Å². The smallest absolute Gasteiger partial charge is 0.336 e. The summed E-state index contributed by atoms with van der Waals surface area (Å²) in [6, 6.07) is -1.06. The Morgan fingerprint density at radius 2 is 1.75 bits per heavy atom. The summed E-state index contributed by atoms with van der Waals surface area (Å²) < 4.78 is 28.9. The minimum atomic E-state index is -3.99. The molecule has 8 nitrogen and oxygen atoms in total. The van der Waals surface area contributed by atoms with E-state index in [0.29, 0.717) is 0 Å². The molecule has 0 amide bonds. The molecule has 0 bridgehead atoms. The van der Waals surface area contributed by atoms with Crippen LogP contribution in [0, 0.1) is 5.92 Å². The molecule has 1 saturated carbocycles. The van der Waals surface area contributed by atoms with Gasteiger partial charge in [-0.3, -0.25) is 4.18 Å². The zero-order valence-corrected chi connectivity index (χ0v) is 8.91. The van der Waals surface area contributed by atoms with Gasteiger partial charge < -0.3 is 20.4 Å². The molecule has 2 rings (SSSR count). The molecular weight excluding hydrogens is 242 g/mol. The first-order valence-corrected chi connectivity index (χ1v) is 6.14. The number of hydrogen-bond acceptors (Lipinski definition) is 7. The average Bonchev–Trinajstić information content (AvgIpc) is 2.52. The second kappa shape index (κ2) is 3.88. The van der Waals surface area contributed by atoms with E-state index in [0.717, 1.165) is 0 Å². The quantitative estimate of drug-likeness (QED) is 0.325. The summed E-state index contributed by atoms with van der Waals surface area (Å²) in [5.74, 6) is -0.965. The lowest BCUT2D eigenvalue weighted by Crippen LogP contribution is -2.63. The van der Waals surface area contributed by atoms with Gasteiger partial charge in [-0.2, -0.15) is 13.1 Å². The molecule has 0 unspecified atom stereocenters. The summed E-state index contributed by atoms with van der Waals surface area (Å²) in [4.78, 5) is 0. The van der Waals surface area contributed by atoms with Crippen molar-refractivity contribution in [2.45, 2.75) is 30.5 Å². The fraction of sp³-hybridized carbons (Fsp3) is 1.00. The highest BCUT2D eigenvalue weighted by molar-refractivity contribution is 7.85. The normalized spacial score (nSPS) is 51.2. The largest absolute Gasteiger partial charge is 0.396 e. The van der Waals surface area contributed by atoms with E-state index >= 15 is 0 Å². The Hall–Kier alpha value is -0.290. The number of hydrogen-bond donors (Lipinski definition) is 5. The van der Waals surface area contributed by atoms with Crippen LogP contribution in [-0.4, -0.2) is 65.9 Å². The van der Waals surface area contributed by atoms with Crippen molar-refractivity contribution < 1.29 is 33.0 Å². The van der Waals surface area contributed by atoms with E-state index in [9.17, 15) is 23.7 Å². The Balaban J connectivity index is 2.32. The van der Waals surface area contributed by atoms with Crippen molar-refractivity contribution in [3.8, 4) is 0 Å². The van der Waals surface area contributed by atoms with Gasteiger partial charge in [0, 0.05) is 5.92 Å². The van der Waals surface area contributed by atoms with E-state index in [1.807, 2.05) is 4.72 Å². The second-order valence-corrected chi connectivity index (χ2v) is 5.31. The zero-order valence-electron chi connectivity index (χ0n) is 8.09. The van der Waals surface area contributed by atoms with E-state index in [1.54, 1.807) is 0 Å². The van der Waals surface area contributed by atoms with Gasteiger partial charge in [0.05, 0.1) is 18.8 Å². The SMILES string of the molecule is O=S1(=O)N[C@@H]2[C@H](O)[C@@H](O)[C@H](O)[C@@H](CO)[C@@H]2O1. The fourth-order valence-corrected chi connectivity index (χ4v) is 3.36. The molecule has 16 heavy (non-hydrogen) atoms. The van der Waals surface area contributed by atoms with Crippen LogP contribution in [0.1, 0.15) is 0 Å². The van der Waals surface area contributed by atoms with Crippen molar-refractivity contribution in [1.82, 2.24) is 4.72 Å². The number of aliphatic hydroxyl groups is 4. The van der Waals surface area contributed by atoms with Crippen molar-refractivity contribution in [3.05, 3.63) is 0 Å². The first-order chi connectivity index (χ1) is 7.37. The summed E-state index contributed by atoms with van der Waals surface area (Å²) in [5, 5.41) is 37.6. The van der Waals surface area contributed by atoms with Crippen molar-refractivity contribution in [1.29, 1.82) is 0 Å². The maximum absolute atomic E-state index is 11.1. The first kappa shape index (κ1) is 12.2. The molecule has 1 saturated heterocycles. The molecule has 0 radical (unpaired) electrons. The molecule has 1 heterocycles. The third-order valence-corrected chi connectivity index (χ3v) is 4.05. The summed E-state index contributed by atoms with van der Waals surface area (Å²) >= 11 is 0. The lowest BCUT2D eigenvalue weighted by molar-refractivity contribution is -0.155. The van der Waals surface area contributed by atoms with E-state index < -0.39 is 53.3 Å².